The van der Waals surface area contributed by atoms with E-state index in [4.69, 9.17) is 5.73 Å². The Balaban J connectivity index is 1.62. The van der Waals surface area contributed by atoms with Gasteiger partial charge in [-0.2, -0.15) is 0 Å². The minimum absolute atomic E-state index is 0.00571. The molecule has 0 radical (unpaired) electrons. The number of benzene rings is 2. The Morgan fingerprint density at radius 3 is 2.31 bits per heavy atom. The molecule has 1 aliphatic heterocycles. The van der Waals surface area contributed by atoms with Crippen molar-refractivity contribution in [1.29, 1.82) is 0 Å². The molecule has 1 amide bonds. The summed E-state index contributed by atoms with van der Waals surface area (Å²) in [4.78, 5) is 16.5. The quantitative estimate of drug-likeness (QED) is 0.913. The number of nitrogens with two attached hydrogens (primary N) is 1. The van der Waals surface area contributed by atoms with Gasteiger partial charge in [0, 0.05) is 56.0 Å². The molecule has 1 fully saturated rings. The zero-order valence-electron chi connectivity index (χ0n) is 14.8. The van der Waals surface area contributed by atoms with E-state index in [0.29, 0.717) is 43.9 Å². The molecule has 4 nitrogen and oxygen atoms in total. The van der Waals surface area contributed by atoms with Gasteiger partial charge in [-0.25, -0.2) is 8.78 Å². The lowest BCUT2D eigenvalue weighted by molar-refractivity contribution is 0.0579. The minimum atomic E-state index is -0.575. The average molecular weight is 359 g/mol. The van der Waals surface area contributed by atoms with E-state index in [1.54, 1.807) is 12.1 Å². The molecule has 1 saturated heterocycles. The van der Waals surface area contributed by atoms with Crippen molar-refractivity contribution in [1.82, 2.24) is 9.80 Å². The maximum atomic E-state index is 14.0. The van der Waals surface area contributed by atoms with Crippen LogP contribution in [0.4, 0.5) is 8.78 Å². The minimum Gasteiger partial charge on any atom is -0.336 e. The molecular formula is C20H23F2N3O. The van der Waals surface area contributed by atoms with Crippen LogP contribution in [0.5, 0.6) is 0 Å². The zero-order valence-corrected chi connectivity index (χ0v) is 14.8. The lowest BCUT2D eigenvalue weighted by Gasteiger charge is -2.38. The summed E-state index contributed by atoms with van der Waals surface area (Å²) in [6.45, 7) is 4.79. The van der Waals surface area contributed by atoms with Gasteiger partial charge in [0.2, 0.25) is 0 Å². The highest BCUT2D eigenvalue weighted by Crippen LogP contribution is 2.25. The van der Waals surface area contributed by atoms with Crippen LogP contribution in [-0.2, 0) is 6.54 Å². The van der Waals surface area contributed by atoms with E-state index in [1.165, 1.54) is 12.1 Å². The first kappa shape index (κ1) is 18.5. The molecule has 3 rings (SSSR count). The predicted molar refractivity (Wildman–Crippen MR) is 96.6 cm³/mol. The van der Waals surface area contributed by atoms with Crippen LogP contribution in [0.1, 0.15) is 34.5 Å². The fourth-order valence-electron chi connectivity index (χ4n) is 3.32. The molecule has 0 aliphatic carbocycles. The van der Waals surface area contributed by atoms with Crippen LogP contribution in [0.15, 0.2) is 42.5 Å². The van der Waals surface area contributed by atoms with Crippen molar-refractivity contribution in [3.05, 3.63) is 70.8 Å². The van der Waals surface area contributed by atoms with Crippen LogP contribution in [0.3, 0.4) is 0 Å². The first-order valence-corrected chi connectivity index (χ1v) is 8.77. The maximum Gasteiger partial charge on any atom is 0.253 e. The van der Waals surface area contributed by atoms with Gasteiger partial charge in [-0.3, -0.25) is 9.69 Å². The first-order chi connectivity index (χ1) is 12.5. The molecule has 1 aliphatic rings. The van der Waals surface area contributed by atoms with Crippen molar-refractivity contribution in [3.63, 3.8) is 0 Å². The van der Waals surface area contributed by atoms with Crippen LogP contribution in [0, 0.1) is 11.6 Å². The number of rotatable bonds is 4. The Hall–Kier alpha value is -2.31. The number of carbonyl (C=O) groups is 1. The highest BCUT2D eigenvalue weighted by atomic mass is 19.1. The van der Waals surface area contributed by atoms with Gasteiger partial charge in [0.15, 0.2) is 0 Å². The van der Waals surface area contributed by atoms with E-state index in [2.05, 4.69) is 4.90 Å². The molecule has 0 spiro atoms. The Kier molecular flexibility index (Phi) is 5.64. The molecule has 2 aromatic rings. The molecule has 0 aromatic heterocycles. The van der Waals surface area contributed by atoms with Gasteiger partial charge in [-0.1, -0.05) is 18.2 Å². The van der Waals surface area contributed by atoms with Gasteiger partial charge in [-0.15, -0.1) is 0 Å². The summed E-state index contributed by atoms with van der Waals surface area (Å²) in [6, 6.07) is 10.8. The second-order valence-electron chi connectivity index (χ2n) is 6.57. The van der Waals surface area contributed by atoms with E-state index in [9.17, 15) is 13.6 Å². The van der Waals surface area contributed by atoms with Crippen molar-refractivity contribution < 1.29 is 13.6 Å². The summed E-state index contributed by atoms with van der Waals surface area (Å²) in [7, 11) is 0. The summed E-state index contributed by atoms with van der Waals surface area (Å²) in [5.41, 5.74) is 7.69. The highest BCUT2D eigenvalue weighted by Gasteiger charge is 2.26. The predicted octanol–water partition coefficient (Wildman–Crippen LogP) is 2.94. The maximum absolute atomic E-state index is 14.0. The molecule has 1 heterocycles. The molecule has 2 aromatic carbocycles. The highest BCUT2D eigenvalue weighted by molar-refractivity contribution is 5.94. The van der Waals surface area contributed by atoms with E-state index in [1.807, 2.05) is 24.0 Å². The summed E-state index contributed by atoms with van der Waals surface area (Å²) < 4.78 is 27.1. The van der Waals surface area contributed by atoms with Gasteiger partial charge in [0.25, 0.3) is 5.91 Å². The van der Waals surface area contributed by atoms with Crippen LogP contribution < -0.4 is 5.73 Å². The summed E-state index contributed by atoms with van der Waals surface area (Å²) in [6.07, 6.45) is 0. The summed E-state index contributed by atoms with van der Waals surface area (Å²) in [5, 5.41) is 0. The third-order valence-corrected chi connectivity index (χ3v) is 5.00. The number of piperazine rings is 1. The smallest absolute Gasteiger partial charge is 0.253 e. The normalized spacial score (nSPS) is 16.5. The molecule has 0 unspecified atom stereocenters. The van der Waals surface area contributed by atoms with E-state index < -0.39 is 11.6 Å². The molecule has 1 atom stereocenters. The average Bonchev–Trinajstić information content (AvgIpc) is 2.67. The molecular weight excluding hydrogens is 336 g/mol. The fourth-order valence-corrected chi connectivity index (χ4v) is 3.32. The van der Waals surface area contributed by atoms with Crippen molar-refractivity contribution >= 4 is 5.91 Å². The molecule has 0 saturated carbocycles. The molecule has 138 valence electrons. The van der Waals surface area contributed by atoms with Crippen molar-refractivity contribution in [2.24, 2.45) is 5.73 Å². The number of nitrogens with zero attached hydrogens (tertiary/aromatic N) is 2. The lowest BCUT2D eigenvalue weighted by atomic mass is 10.0. The van der Waals surface area contributed by atoms with Crippen LogP contribution in [-0.4, -0.2) is 41.9 Å². The van der Waals surface area contributed by atoms with Crippen LogP contribution in [0.2, 0.25) is 0 Å². The number of halogens is 2. The van der Waals surface area contributed by atoms with Crippen molar-refractivity contribution in [2.75, 3.05) is 26.2 Å². The Labute approximate surface area is 152 Å². The van der Waals surface area contributed by atoms with Gasteiger partial charge < -0.3 is 10.6 Å². The van der Waals surface area contributed by atoms with Crippen LogP contribution in [0.25, 0.3) is 0 Å². The van der Waals surface area contributed by atoms with E-state index in [0.717, 1.165) is 11.6 Å². The van der Waals surface area contributed by atoms with Gasteiger partial charge in [-0.05, 0) is 30.7 Å². The standard InChI is InChI=1S/C20H23F2N3O/c1-14(18-7-6-17(21)12-19(18)22)24-8-10-25(11-9-24)20(26)16-4-2-15(13-23)3-5-16/h2-7,12,14H,8-11,13,23H2,1H3/t14-/m1/s1. The van der Waals surface area contributed by atoms with Gasteiger partial charge >= 0.3 is 0 Å². The van der Waals surface area contributed by atoms with Crippen LogP contribution >= 0.6 is 0 Å². The zero-order chi connectivity index (χ0) is 18.7. The molecule has 0 bridgehead atoms. The number of hydrogen-bond donors (Lipinski definition) is 1. The second kappa shape index (κ2) is 7.93. The van der Waals surface area contributed by atoms with Crippen molar-refractivity contribution in [3.8, 4) is 0 Å². The lowest BCUT2D eigenvalue weighted by Crippen LogP contribution is -2.49. The topological polar surface area (TPSA) is 49.6 Å². The largest absolute Gasteiger partial charge is 0.336 e. The summed E-state index contributed by atoms with van der Waals surface area (Å²) >= 11 is 0. The molecule has 6 heteroatoms. The van der Waals surface area contributed by atoms with E-state index in [-0.39, 0.29) is 11.9 Å². The third kappa shape index (κ3) is 3.92. The Bertz CT molecular complexity index is 771. The third-order valence-electron chi connectivity index (χ3n) is 5.00. The number of hydrogen-bond acceptors (Lipinski definition) is 3. The van der Waals surface area contributed by atoms with Crippen molar-refractivity contribution in [2.45, 2.75) is 19.5 Å². The molecule has 26 heavy (non-hydrogen) atoms. The van der Waals surface area contributed by atoms with E-state index >= 15 is 0 Å². The second-order valence-corrected chi connectivity index (χ2v) is 6.57. The fraction of sp³-hybridized carbons (Fsp3) is 0.350. The van der Waals surface area contributed by atoms with Gasteiger partial charge in [0.05, 0.1) is 0 Å². The number of amides is 1. The summed E-state index contributed by atoms with van der Waals surface area (Å²) in [5.74, 6) is -1.11. The van der Waals surface area contributed by atoms with Gasteiger partial charge in [0.1, 0.15) is 11.6 Å². The number of carbonyl (C=O) groups excluding carboxylic acids is 1. The first-order valence-electron chi connectivity index (χ1n) is 8.77. The SMILES string of the molecule is C[C@H](c1ccc(F)cc1F)N1CCN(C(=O)c2ccc(CN)cc2)CC1. The Morgan fingerprint density at radius 2 is 1.73 bits per heavy atom. The molecule has 2 N–H and O–H groups in total. The monoisotopic (exact) mass is 359 g/mol. The Morgan fingerprint density at radius 1 is 1.08 bits per heavy atom.